The molecule has 5 nitrogen and oxygen atoms in total. The predicted molar refractivity (Wildman–Crippen MR) is 114 cm³/mol. The van der Waals surface area contributed by atoms with Gasteiger partial charge in [0.15, 0.2) is 0 Å². The fourth-order valence-electron chi connectivity index (χ4n) is 3.16. The van der Waals surface area contributed by atoms with Gasteiger partial charge in [-0.05, 0) is 71.7 Å². The van der Waals surface area contributed by atoms with E-state index in [0.29, 0.717) is 22.7 Å². The average molecular weight is 478 g/mol. The first-order valence-electron chi connectivity index (χ1n) is 9.02. The summed E-state index contributed by atoms with van der Waals surface area (Å²) < 4.78 is 6.09. The number of anilines is 1. The average Bonchev–Trinajstić information content (AvgIpc) is 2.68. The summed E-state index contributed by atoms with van der Waals surface area (Å²) in [7, 11) is 1.60. The molecule has 1 aliphatic rings. The number of carbonyl (C=O) groups excluding carboxylic acids is 2. The summed E-state index contributed by atoms with van der Waals surface area (Å²) in [6.07, 6.45) is 2.04. The van der Waals surface area contributed by atoms with Gasteiger partial charge < -0.3 is 15.0 Å². The Morgan fingerprint density at radius 1 is 1.15 bits per heavy atom. The van der Waals surface area contributed by atoms with Crippen LogP contribution in [0.5, 0.6) is 5.75 Å². The molecule has 2 aromatic carbocycles. The zero-order valence-electron chi connectivity index (χ0n) is 15.5. The monoisotopic (exact) mass is 478 g/mol. The van der Waals surface area contributed by atoms with Gasteiger partial charge in [0.1, 0.15) is 5.75 Å². The fraction of sp³-hybridized carbons (Fsp3) is 0.333. The van der Waals surface area contributed by atoms with E-state index in [4.69, 9.17) is 4.74 Å². The molecule has 1 heterocycles. The second-order valence-corrected chi connectivity index (χ2v) is 7.99. The molecule has 2 aromatic rings. The molecule has 0 spiro atoms. The molecule has 0 unspecified atom stereocenters. The van der Waals surface area contributed by atoms with Crippen LogP contribution in [0, 0.1) is 9.49 Å². The molecule has 3 rings (SSSR count). The first kappa shape index (κ1) is 19.7. The third kappa shape index (κ3) is 4.61. The number of nitrogens with zero attached hydrogens (tertiary/aromatic N) is 1. The van der Waals surface area contributed by atoms with Gasteiger partial charge in [-0.2, -0.15) is 0 Å². The topological polar surface area (TPSA) is 58.6 Å². The number of carbonyl (C=O) groups is 2. The standard InChI is InChI=1S/C21H23IN2O3/c1-14-9-11-24(12-10-14)21(26)16-5-3-4-6-18(16)23-20(25)15-7-8-19(27-2)17(22)13-15/h3-8,13-14H,9-12H2,1-2H3,(H,23,25). The lowest BCUT2D eigenvalue weighted by Crippen LogP contribution is -2.38. The summed E-state index contributed by atoms with van der Waals surface area (Å²) >= 11 is 2.13. The Balaban J connectivity index is 1.78. The smallest absolute Gasteiger partial charge is 0.255 e. The van der Waals surface area contributed by atoms with E-state index < -0.39 is 0 Å². The van der Waals surface area contributed by atoms with Gasteiger partial charge in [0.05, 0.1) is 21.9 Å². The zero-order chi connectivity index (χ0) is 19.4. The van der Waals surface area contributed by atoms with Crippen LogP contribution in [0.25, 0.3) is 0 Å². The van der Waals surface area contributed by atoms with Crippen LogP contribution in [0.2, 0.25) is 0 Å². The van der Waals surface area contributed by atoms with Crippen LogP contribution in [-0.4, -0.2) is 36.9 Å². The number of hydrogen-bond donors (Lipinski definition) is 1. The molecule has 2 amide bonds. The summed E-state index contributed by atoms with van der Waals surface area (Å²) in [5, 5.41) is 2.89. The van der Waals surface area contributed by atoms with Crippen molar-refractivity contribution in [2.45, 2.75) is 19.8 Å². The van der Waals surface area contributed by atoms with Crippen molar-refractivity contribution in [3.05, 3.63) is 57.2 Å². The van der Waals surface area contributed by atoms with E-state index in [2.05, 4.69) is 34.8 Å². The van der Waals surface area contributed by atoms with E-state index in [-0.39, 0.29) is 11.8 Å². The number of methoxy groups -OCH3 is 1. The molecule has 1 saturated heterocycles. The van der Waals surface area contributed by atoms with Gasteiger partial charge in [0.2, 0.25) is 0 Å². The van der Waals surface area contributed by atoms with Crippen LogP contribution in [-0.2, 0) is 0 Å². The zero-order valence-corrected chi connectivity index (χ0v) is 17.7. The molecule has 1 fully saturated rings. The summed E-state index contributed by atoms with van der Waals surface area (Å²) in [4.78, 5) is 27.5. The molecule has 0 aliphatic carbocycles. The quantitative estimate of drug-likeness (QED) is 0.662. The number of para-hydroxylation sites is 1. The van der Waals surface area contributed by atoms with Crippen LogP contribution in [0.3, 0.4) is 0 Å². The van der Waals surface area contributed by atoms with Crippen molar-refractivity contribution < 1.29 is 14.3 Å². The van der Waals surface area contributed by atoms with Crippen LogP contribution in [0.15, 0.2) is 42.5 Å². The van der Waals surface area contributed by atoms with Crippen LogP contribution >= 0.6 is 22.6 Å². The number of benzene rings is 2. The van der Waals surface area contributed by atoms with Gasteiger partial charge in [-0.1, -0.05) is 19.1 Å². The molecule has 0 aromatic heterocycles. The molecule has 1 N–H and O–H groups in total. The highest BCUT2D eigenvalue weighted by molar-refractivity contribution is 14.1. The molecule has 6 heteroatoms. The minimum absolute atomic E-state index is 0.0258. The van der Waals surface area contributed by atoms with Crippen molar-refractivity contribution in [2.75, 3.05) is 25.5 Å². The van der Waals surface area contributed by atoms with E-state index in [1.807, 2.05) is 17.0 Å². The summed E-state index contributed by atoms with van der Waals surface area (Å²) in [5.41, 5.74) is 1.59. The van der Waals surface area contributed by atoms with Crippen LogP contribution in [0.1, 0.15) is 40.5 Å². The van der Waals surface area contributed by atoms with Crippen LogP contribution < -0.4 is 10.1 Å². The van der Waals surface area contributed by atoms with E-state index >= 15 is 0 Å². The van der Waals surface area contributed by atoms with Crippen molar-refractivity contribution in [3.63, 3.8) is 0 Å². The molecule has 142 valence electrons. The van der Waals surface area contributed by atoms with E-state index in [9.17, 15) is 9.59 Å². The first-order chi connectivity index (χ1) is 13.0. The largest absolute Gasteiger partial charge is 0.496 e. The number of halogens is 1. The normalized spacial score (nSPS) is 14.7. The lowest BCUT2D eigenvalue weighted by atomic mass is 9.98. The van der Waals surface area contributed by atoms with E-state index in [0.717, 1.165) is 35.3 Å². The molecule has 0 radical (unpaired) electrons. The number of nitrogens with one attached hydrogen (secondary N) is 1. The highest BCUT2D eigenvalue weighted by Crippen LogP contribution is 2.24. The number of ether oxygens (including phenoxy) is 1. The van der Waals surface area contributed by atoms with Gasteiger partial charge in [-0.3, -0.25) is 9.59 Å². The van der Waals surface area contributed by atoms with Crippen molar-refractivity contribution in [3.8, 4) is 5.75 Å². The maximum absolute atomic E-state index is 12.9. The SMILES string of the molecule is COc1ccc(C(=O)Nc2ccccc2C(=O)N2CCC(C)CC2)cc1I. The Labute approximate surface area is 173 Å². The van der Waals surface area contributed by atoms with Crippen molar-refractivity contribution >= 4 is 40.1 Å². The minimum Gasteiger partial charge on any atom is -0.496 e. The highest BCUT2D eigenvalue weighted by atomic mass is 127. The molecule has 0 atom stereocenters. The van der Waals surface area contributed by atoms with Gasteiger partial charge in [0, 0.05) is 18.7 Å². The molecule has 1 aliphatic heterocycles. The molecular weight excluding hydrogens is 455 g/mol. The number of rotatable bonds is 4. The highest BCUT2D eigenvalue weighted by Gasteiger charge is 2.23. The number of likely N-dealkylation sites (tertiary alicyclic amines) is 1. The van der Waals surface area contributed by atoms with Gasteiger partial charge in [0.25, 0.3) is 11.8 Å². The maximum atomic E-state index is 12.9. The lowest BCUT2D eigenvalue weighted by Gasteiger charge is -2.30. The number of piperidine rings is 1. The van der Waals surface area contributed by atoms with Gasteiger partial charge >= 0.3 is 0 Å². The Hall–Kier alpha value is -2.09. The molecule has 0 saturated carbocycles. The van der Waals surface area contributed by atoms with Gasteiger partial charge in [-0.15, -0.1) is 0 Å². The fourth-order valence-corrected chi connectivity index (χ4v) is 3.90. The van der Waals surface area contributed by atoms with Crippen molar-refractivity contribution in [1.29, 1.82) is 0 Å². The second-order valence-electron chi connectivity index (χ2n) is 6.82. The number of amides is 2. The Bertz CT molecular complexity index is 845. The second kappa shape index (κ2) is 8.73. The minimum atomic E-state index is -0.247. The lowest BCUT2D eigenvalue weighted by molar-refractivity contribution is 0.0698. The summed E-state index contributed by atoms with van der Waals surface area (Å²) in [6, 6.07) is 12.4. The Morgan fingerprint density at radius 2 is 1.85 bits per heavy atom. The Morgan fingerprint density at radius 3 is 2.52 bits per heavy atom. The molecule has 0 bridgehead atoms. The van der Waals surface area contributed by atoms with Crippen LogP contribution in [0.4, 0.5) is 5.69 Å². The summed E-state index contributed by atoms with van der Waals surface area (Å²) in [6.45, 7) is 3.74. The predicted octanol–water partition coefficient (Wildman–Crippen LogP) is 4.42. The Kier molecular flexibility index (Phi) is 6.36. The van der Waals surface area contributed by atoms with E-state index in [1.54, 1.807) is 37.4 Å². The molecular formula is C21H23IN2O3. The summed E-state index contributed by atoms with van der Waals surface area (Å²) in [5.74, 6) is 1.11. The van der Waals surface area contributed by atoms with E-state index in [1.165, 1.54) is 0 Å². The third-order valence-electron chi connectivity index (χ3n) is 4.89. The van der Waals surface area contributed by atoms with Crippen molar-refractivity contribution in [2.24, 2.45) is 5.92 Å². The first-order valence-corrected chi connectivity index (χ1v) is 10.1. The third-order valence-corrected chi connectivity index (χ3v) is 5.73. The maximum Gasteiger partial charge on any atom is 0.255 e. The van der Waals surface area contributed by atoms with Crippen molar-refractivity contribution in [1.82, 2.24) is 4.90 Å². The molecule has 27 heavy (non-hydrogen) atoms. The number of hydrogen-bond acceptors (Lipinski definition) is 3. The van der Waals surface area contributed by atoms with Gasteiger partial charge in [-0.25, -0.2) is 0 Å².